The van der Waals surface area contributed by atoms with Crippen LogP contribution < -0.4 is 4.90 Å². The summed E-state index contributed by atoms with van der Waals surface area (Å²) in [6.07, 6.45) is 0. The Bertz CT molecular complexity index is 2400. The van der Waals surface area contributed by atoms with E-state index in [0.29, 0.717) is 0 Å². The fraction of sp³-hybridized carbons (Fsp3) is 0.0698. The normalized spacial score (nSPS) is 13.3. The van der Waals surface area contributed by atoms with Crippen molar-refractivity contribution in [1.29, 1.82) is 0 Å². The maximum Gasteiger partial charge on any atom is 0.159 e. The summed E-state index contributed by atoms with van der Waals surface area (Å²) in [7, 11) is 0. The number of anilines is 3. The Morgan fingerprint density at radius 2 is 1.18 bits per heavy atom. The Labute approximate surface area is 262 Å². The zero-order chi connectivity index (χ0) is 30.1. The van der Waals surface area contributed by atoms with E-state index in [9.17, 15) is 0 Å². The SMILES string of the molecule is CC1(C)c2ccccc2-c2c1ccc1c2oc2c(N(c3ccc(-c4ccccc4)cc3)c3ccc4ccccc4c3)cccc21. The van der Waals surface area contributed by atoms with E-state index in [0.717, 1.165) is 39.0 Å². The summed E-state index contributed by atoms with van der Waals surface area (Å²) in [6, 6.07) is 54.5. The summed E-state index contributed by atoms with van der Waals surface area (Å²) in [5, 5.41) is 4.70. The van der Waals surface area contributed by atoms with Crippen molar-refractivity contribution in [1.82, 2.24) is 0 Å². The largest absolute Gasteiger partial charge is 0.453 e. The molecule has 1 aliphatic carbocycles. The Morgan fingerprint density at radius 1 is 0.489 bits per heavy atom. The molecule has 2 heteroatoms. The van der Waals surface area contributed by atoms with Crippen LogP contribution in [0.3, 0.4) is 0 Å². The summed E-state index contributed by atoms with van der Waals surface area (Å²) in [6.45, 7) is 4.64. The molecule has 1 heterocycles. The molecule has 7 aromatic carbocycles. The molecule has 0 unspecified atom stereocenters. The van der Waals surface area contributed by atoms with Crippen LogP contribution >= 0.6 is 0 Å². The van der Waals surface area contributed by atoms with Gasteiger partial charge in [-0.25, -0.2) is 0 Å². The summed E-state index contributed by atoms with van der Waals surface area (Å²) >= 11 is 0. The van der Waals surface area contributed by atoms with Gasteiger partial charge < -0.3 is 9.32 Å². The number of rotatable bonds is 4. The highest BCUT2D eigenvalue weighted by Gasteiger charge is 2.37. The summed E-state index contributed by atoms with van der Waals surface area (Å²) in [5.41, 5.74) is 12.5. The van der Waals surface area contributed by atoms with Crippen LogP contribution in [0.2, 0.25) is 0 Å². The Kier molecular flexibility index (Phi) is 5.58. The highest BCUT2D eigenvalue weighted by molar-refractivity contribution is 6.15. The molecule has 0 radical (unpaired) electrons. The summed E-state index contributed by atoms with van der Waals surface area (Å²) in [5.74, 6) is 0. The lowest BCUT2D eigenvalue weighted by atomic mass is 9.82. The predicted octanol–water partition coefficient (Wildman–Crippen LogP) is 12.2. The molecule has 0 amide bonds. The fourth-order valence-electron chi connectivity index (χ4n) is 7.38. The van der Waals surface area contributed by atoms with Crippen LogP contribution in [-0.2, 0) is 5.41 Å². The van der Waals surface area contributed by atoms with Gasteiger partial charge in [-0.15, -0.1) is 0 Å². The Balaban J connectivity index is 1.29. The van der Waals surface area contributed by atoms with E-state index >= 15 is 0 Å². The first-order valence-electron chi connectivity index (χ1n) is 15.6. The molecule has 0 N–H and O–H groups in total. The quantitative estimate of drug-likeness (QED) is 0.207. The lowest BCUT2D eigenvalue weighted by Gasteiger charge is -2.26. The third-order valence-electron chi connectivity index (χ3n) is 9.65. The predicted molar refractivity (Wildman–Crippen MR) is 189 cm³/mol. The second-order valence-electron chi connectivity index (χ2n) is 12.6. The molecular weight excluding hydrogens is 546 g/mol. The number of nitrogens with zero attached hydrogens (tertiary/aromatic N) is 1. The summed E-state index contributed by atoms with van der Waals surface area (Å²) in [4.78, 5) is 2.34. The molecule has 8 aromatic rings. The molecule has 9 rings (SSSR count). The molecule has 0 saturated carbocycles. The molecule has 0 atom stereocenters. The van der Waals surface area contributed by atoms with Crippen molar-refractivity contribution in [3.63, 3.8) is 0 Å². The van der Waals surface area contributed by atoms with Crippen LogP contribution in [0.5, 0.6) is 0 Å². The second kappa shape index (κ2) is 9.70. The van der Waals surface area contributed by atoms with E-state index in [1.54, 1.807) is 0 Å². The van der Waals surface area contributed by atoms with Gasteiger partial charge in [0.2, 0.25) is 0 Å². The van der Waals surface area contributed by atoms with Gasteiger partial charge in [-0.3, -0.25) is 0 Å². The molecule has 0 aliphatic heterocycles. The number of hydrogen-bond donors (Lipinski definition) is 0. The minimum Gasteiger partial charge on any atom is -0.453 e. The highest BCUT2D eigenvalue weighted by Crippen LogP contribution is 2.53. The summed E-state index contributed by atoms with van der Waals surface area (Å²) < 4.78 is 7.04. The minimum absolute atomic E-state index is 0.0838. The van der Waals surface area contributed by atoms with Crippen LogP contribution in [0, 0.1) is 0 Å². The molecule has 2 nitrogen and oxygen atoms in total. The van der Waals surface area contributed by atoms with Gasteiger partial charge in [0.25, 0.3) is 0 Å². The molecule has 0 bridgehead atoms. The monoisotopic (exact) mass is 577 g/mol. The first-order valence-corrected chi connectivity index (χ1v) is 15.6. The van der Waals surface area contributed by atoms with Gasteiger partial charge in [-0.2, -0.15) is 0 Å². The average molecular weight is 578 g/mol. The van der Waals surface area contributed by atoms with Crippen molar-refractivity contribution < 1.29 is 4.42 Å². The van der Waals surface area contributed by atoms with E-state index in [1.807, 2.05) is 0 Å². The number of para-hydroxylation sites is 1. The second-order valence-corrected chi connectivity index (χ2v) is 12.6. The van der Waals surface area contributed by atoms with Crippen molar-refractivity contribution in [3.8, 4) is 22.3 Å². The maximum absolute atomic E-state index is 7.04. The molecule has 1 aromatic heterocycles. The standard InChI is InChI=1S/C43H31NO/c1-43(2)37-17-9-8-15-36(37)40-38(43)26-25-35-34-16-10-18-39(41(34)45-42(35)40)44(33-24-21-29-13-6-7-14-31(29)27-33)32-22-19-30(20-23-32)28-11-4-3-5-12-28/h3-27H,1-2H3. The van der Waals surface area contributed by atoms with Crippen molar-refractivity contribution >= 4 is 49.8 Å². The van der Waals surface area contributed by atoms with Crippen molar-refractivity contribution in [3.05, 3.63) is 163 Å². The smallest absolute Gasteiger partial charge is 0.159 e. The lowest BCUT2D eigenvalue weighted by Crippen LogP contribution is -2.14. The van der Waals surface area contributed by atoms with E-state index in [-0.39, 0.29) is 5.41 Å². The van der Waals surface area contributed by atoms with Crippen LogP contribution in [0.15, 0.2) is 156 Å². The van der Waals surface area contributed by atoms with Crippen molar-refractivity contribution in [2.24, 2.45) is 0 Å². The average Bonchev–Trinajstić information content (AvgIpc) is 3.58. The number of fused-ring (bicyclic) bond motifs is 8. The van der Waals surface area contributed by atoms with Crippen molar-refractivity contribution in [2.75, 3.05) is 4.90 Å². The molecule has 0 fully saturated rings. The topological polar surface area (TPSA) is 16.4 Å². The minimum atomic E-state index is -0.0838. The van der Waals surface area contributed by atoms with E-state index in [1.165, 1.54) is 44.2 Å². The first kappa shape index (κ1) is 25.9. The lowest BCUT2D eigenvalue weighted by molar-refractivity contribution is 0.653. The van der Waals surface area contributed by atoms with Gasteiger partial charge >= 0.3 is 0 Å². The van der Waals surface area contributed by atoms with E-state index < -0.39 is 0 Å². The number of furan rings is 1. The van der Waals surface area contributed by atoms with Crippen LogP contribution in [0.1, 0.15) is 25.0 Å². The third-order valence-corrected chi connectivity index (χ3v) is 9.65. The van der Waals surface area contributed by atoms with Crippen LogP contribution in [-0.4, -0.2) is 0 Å². The first-order chi connectivity index (χ1) is 22.1. The Hall–Kier alpha value is -5.60. The zero-order valence-corrected chi connectivity index (χ0v) is 25.3. The zero-order valence-electron chi connectivity index (χ0n) is 25.3. The fourth-order valence-corrected chi connectivity index (χ4v) is 7.38. The van der Waals surface area contributed by atoms with E-state index in [4.69, 9.17) is 4.42 Å². The highest BCUT2D eigenvalue weighted by atomic mass is 16.3. The van der Waals surface area contributed by atoms with Gasteiger partial charge in [-0.05, 0) is 68.9 Å². The number of hydrogen-bond acceptors (Lipinski definition) is 2. The van der Waals surface area contributed by atoms with Gasteiger partial charge in [0, 0.05) is 33.1 Å². The van der Waals surface area contributed by atoms with Crippen LogP contribution in [0.25, 0.3) is 55.0 Å². The van der Waals surface area contributed by atoms with Gasteiger partial charge in [0.1, 0.15) is 5.58 Å². The van der Waals surface area contributed by atoms with Crippen molar-refractivity contribution in [2.45, 2.75) is 19.3 Å². The number of benzene rings is 7. The van der Waals surface area contributed by atoms with Gasteiger partial charge in [-0.1, -0.05) is 135 Å². The van der Waals surface area contributed by atoms with Crippen LogP contribution in [0.4, 0.5) is 17.1 Å². The maximum atomic E-state index is 7.04. The Morgan fingerprint density at radius 3 is 2.02 bits per heavy atom. The van der Waals surface area contributed by atoms with Gasteiger partial charge in [0.05, 0.1) is 5.69 Å². The molecule has 1 aliphatic rings. The molecule has 214 valence electrons. The molecule has 45 heavy (non-hydrogen) atoms. The third kappa shape index (κ3) is 3.89. The van der Waals surface area contributed by atoms with E-state index in [2.05, 4.69) is 170 Å². The molecule has 0 spiro atoms. The van der Waals surface area contributed by atoms with Gasteiger partial charge in [0.15, 0.2) is 5.58 Å². The molecular formula is C43H31NO. The molecule has 0 saturated heterocycles.